The van der Waals surface area contributed by atoms with E-state index in [9.17, 15) is 4.79 Å². The summed E-state index contributed by atoms with van der Waals surface area (Å²) >= 11 is 0. The minimum Gasteiger partial charge on any atom is -0.370 e. The second-order valence-electron chi connectivity index (χ2n) is 8.77. The van der Waals surface area contributed by atoms with E-state index >= 15 is 0 Å². The zero-order valence-corrected chi connectivity index (χ0v) is 19.2. The number of hydrogen-bond acceptors (Lipinski definition) is 2. The molecule has 0 aliphatic heterocycles. The van der Waals surface area contributed by atoms with Crippen LogP contribution in [0, 0.1) is 0 Å². The Hall–Kier alpha value is -3.17. The van der Waals surface area contributed by atoms with Crippen LogP contribution >= 0.6 is 0 Å². The molecule has 0 spiro atoms. The Bertz CT molecular complexity index is 1010. The number of carbonyl (C=O) groups excluding carboxylic acids is 1. The van der Waals surface area contributed by atoms with Crippen molar-refractivity contribution in [2.75, 3.05) is 0 Å². The largest absolute Gasteiger partial charge is 0.370 e. The summed E-state index contributed by atoms with van der Waals surface area (Å²) in [6, 6.07) is 28.5. The smallest absolute Gasteiger partial charge is 0.230 e. The molecule has 1 amide bonds. The molecule has 170 valence electrons. The van der Waals surface area contributed by atoms with Crippen LogP contribution in [0.3, 0.4) is 0 Å². The van der Waals surface area contributed by atoms with E-state index in [1.54, 1.807) is 6.08 Å². The molecule has 3 heteroatoms. The van der Waals surface area contributed by atoms with Crippen molar-refractivity contribution in [1.82, 2.24) is 5.32 Å². The van der Waals surface area contributed by atoms with Gasteiger partial charge in [0.05, 0.1) is 18.1 Å². The molecule has 3 aromatic rings. The van der Waals surface area contributed by atoms with Crippen LogP contribution in [0.25, 0.3) is 11.1 Å². The number of amides is 1. The molecule has 3 aromatic carbocycles. The van der Waals surface area contributed by atoms with Gasteiger partial charge in [-0.05, 0) is 35.1 Å². The van der Waals surface area contributed by atoms with Gasteiger partial charge in [0.15, 0.2) is 0 Å². The molecule has 0 heterocycles. The number of ether oxygens (including phenoxy) is 1. The third-order valence-electron chi connectivity index (χ3n) is 6.43. The van der Waals surface area contributed by atoms with Gasteiger partial charge in [0.1, 0.15) is 0 Å². The molecule has 2 atom stereocenters. The average Bonchev–Trinajstić information content (AvgIpc) is 2.89. The Kier molecular flexibility index (Phi) is 8.10. The van der Waals surface area contributed by atoms with Crippen LogP contribution in [-0.2, 0) is 16.1 Å². The van der Waals surface area contributed by atoms with E-state index < -0.39 is 5.92 Å². The highest BCUT2D eigenvalue weighted by atomic mass is 16.5. The molecule has 3 nitrogen and oxygen atoms in total. The molecule has 1 fully saturated rings. The van der Waals surface area contributed by atoms with Gasteiger partial charge in [0, 0.05) is 6.54 Å². The first-order chi connectivity index (χ1) is 16.2. The fourth-order valence-corrected chi connectivity index (χ4v) is 4.59. The first kappa shape index (κ1) is 23.0. The van der Waals surface area contributed by atoms with Crippen LogP contribution < -0.4 is 5.32 Å². The summed E-state index contributed by atoms with van der Waals surface area (Å²) in [5.74, 6) is -0.481. The van der Waals surface area contributed by atoms with E-state index in [0.717, 1.165) is 35.1 Å². The lowest BCUT2D eigenvalue weighted by Gasteiger charge is -2.30. The number of rotatable bonds is 9. The van der Waals surface area contributed by atoms with Crippen LogP contribution in [0.2, 0.25) is 0 Å². The molecular formula is C30H33NO2. The number of carbonyl (C=O) groups is 1. The molecule has 0 radical (unpaired) electrons. The van der Waals surface area contributed by atoms with Gasteiger partial charge in [-0.2, -0.15) is 0 Å². The Morgan fingerprint density at radius 2 is 1.48 bits per heavy atom. The molecule has 1 N–H and O–H groups in total. The van der Waals surface area contributed by atoms with Crippen molar-refractivity contribution >= 4 is 5.91 Å². The molecule has 0 aromatic heterocycles. The van der Waals surface area contributed by atoms with Crippen molar-refractivity contribution in [1.29, 1.82) is 0 Å². The first-order valence-electron chi connectivity index (χ1n) is 12.0. The second-order valence-corrected chi connectivity index (χ2v) is 8.77. The maximum Gasteiger partial charge on any atom is 0.230 e. The predicted octanol–water partition coefficient (Wildman–Crippen LogP) is 6.66. The molecule has 0 unspecified atom stereocenters. The van der Waals surface area contributed by atoms with E-state index in [4.69, 9.17) is 4.74 Å². The Balaban J connectivity index is 1.56. The standard InChI is InChI=1S/C30H33NO2/c1-2-28(33-27-16-10-5-11-17-27)29(30(32)31-22-23-12-6-3-7-13-23)26-20-18-25(19-21-26)24-14-8-4-9-15-24/h2-4,6-9,12-15,18-21,27-29H,1,5,10-11,16-17,22H2,(H,31,32)/t28-,29-/m1/s1. The maximum absolute atomic E-state index is 13.5. The van der Waals surface area contributed by atoms with Gasteiger partial charge in [-0.1, -0.05) is 110 Å². The van der Waals surface area contributed by atoms with E-state index in [1.165, 1.54) is 19.3 Å². The minimum absolute atomic E-state index is 0.0352. The maximum atomic E-state index is 13.5. The van der Waals surface area contributed by atoms with Gasteiger partial charge in [-0.25, -0.2) is 0 Å². The summed E-state index contributed by atoms with van der Waals surface area (Å²) < 4.78 is 6.47. The van der Waals surface area contributed by atoms with Crippen molar-refractivity contribution in [3.8, 4) is 11.1 Å². The normalized spacial score (nSPS) is 16.0. The van der Waals surface area contributed by atoms with Crippen LogP contribution in [0.1, 0.15) is 49.1 Å². The number of hydrogen-bond donors (Lipinski definition) is 1. The second kappa shape index (κ2) is 11.6. The fourth-order valence-electron chi connectivity index (χ4n) is 4.59. The van der Waals surface area contributed by atoms with Gasteiger partial charge >= 0.3 is 0 Å². The van der Waals surface area contributed by atoms with Crippen molar-refractivity contribution in [3.63, 3.8) is 0 Å². The molecule has 1 aliphatic carbocycles. The van der Waals surface area contributed by atoms with Gasteiger partial charge in [-0.15, -0.1) is 6.58 Å². The summed E-state index contributed by atoms with van der Waals surface area (Å²) in [6.45, 7) is 4.53. The van der Waals surface area contributed by atoms with Crippen molar-refractivity contribution in [2.24, 2.45) is 0 Å². The van der Waals surface area contributed by atoms with E-state index in [1.807, 2.05) is 48.5 Å². The quantitative estimate of drug-likeness (QED) is 0.379. The van der Waals surface area contributed by atoms with E-state index in [0.29, 0.717) is 6.54 Å². The molecular weight excluding hydrogens is 406 g/mol. The highest BCUT2D eigenvalue weighted by molar-refractivity contribution is 5.85. The van der Waals surface area contributed by atoms with Crippen LogP contribution in [0.15, 0.2) is 97.6 Å². The molecule has 33 heavy (non-hydrogen) atoms. The van der Waals surface area contributed by atoms with Crippen molar-refractivity contribution in [2.45, 2.75) is 56.8 Å². The van der Waals surface area contributed by atoms with Gasteiger partial charge in [0.2, 0.25) is 5.91 Å². The van der Waals surface area contributed by atoms with Gasteiger partial charge < -0.3 is 10.1 Å². The third kappa shape index (κ3) is 6.21. The fraction of sp³-hybridized carbons (Fsp3) is 0.300. The highest BCUT2D eigenvalue weighted by Gasteiger charge is 2.31. The lowest BCUT2D eigenvalue weighted by molar-refractivity contribution is -0.127. The summed E-state index contributed by atoms with van der Waals surface area (Å²) in [7, 11) is 0. The summed E-state index contributed by atoms with van der Waals surface area (Å²) in [5, 5.41) is 3.13. The third-order valence-corrected chi connectivity index (χ3v) is 6.43. The zero-order chi connectivity index (χ0) is 22.9. The molecule has 0 bridgehead atoms. The van der Waals surface area contributed by atoms with E-state index in [2.05, 4.69) is 48.3 Å². The lowest BCUT2D eigenvalue weighted by atomic mass is 9.89. The van der Waals surface area contributed by atoms with Crippen molar-refractivity contribution < 1.29 is 9.53 Å². The molecule has 1 aliphatic rings. The number of benzene rings is 3. The zero-order valence-electron chi connectivity index (χ0n) is 19.2. The lowest BCUT2D eigenvalue weighted by Crippen LogP contribution is -2.38. The van der Waals surface area contributed by atoms with Gasteiger partial charge in [-0.3, -0.25) is 4.79 Å². The topological polar surface area (TPSA) is 38.3 Å². The van der Waals surface area contributed by atoms with Gasteiger partial charge in [0.25, 0.3) is 0 Å². The van der Waals surface area contributed by atoms with Crippen LogP contribution in [0.5, 0.6) is 0 Å². The summed E-state index contributed by atoms with van der Waals surface area (Å²) in [5.41, 5.74) is 4.31. The van der Waals surface area contributed by atoms with Crippen LogP contribution in [0.4, 0.5) is 0 Å². The molecule has 4 rings (SSSR count). The Morgan fingerprint density at radius 3 is 2.12 bits per heavy atom. The van der Waals surface area contributed by atoms with Crippen LogP contribution in [-0.4, -0.2) is 18.1 Å². The number of nitrogens with one attached hydrogen (secondary N) is 1. The SMILES string of the molecule is C=C[C@@H](OC1CCCCC1)[C@H](C(=O)NCc1ccccc1)c1ccc(-c2ccccc2)cc1. The molecule has 0 saturated heterocycles. The minimum atomic E-state index is -0.446. The Morgan fingerprint density at radius 1 is 0.879 bits per heavy atom. The Labute approximate surface area is 197 Å². The average molecular weight is 440 g/mol. The summed E-state index contributed by atoms with van der Waals surface area (Å²) in [4.78, 5) is 13.5. The monoisotopic (exact) mass is 439 g/mol. The van der Waals surface area contributed by atoms with E-state index in [-0.39, 0.29) is 18.1 Å². The van der Waals surface area contributed by atoms with Crippen molar-refractivity contribution in [3.05, 3.63) is 109 Å². The predicted molar refractivity (Wildman–Crippen MR) is 135 cm³/mol. The summed E-state index contributed by atoms with van der Waals surface area (Å²) in [6.07, 6.45) is 7.36. The highest BCUT2D eigenvalue weighted by Crippen LogP contribution is 2.30. The molecule has 1 saturated carbocycles. The first-order valence-corrected chi connectivity index (χ1v) is 12.0.